The number of aliphatic imine (C=N–C) groups is 1. The van der Waals surface area contributed by atoms with E-state index >= 15 is 0 Å². The third kappa shape index (κ3) is 4.75. The van der Waals surface area contributed by atoms with Gasteiger partial charge in [0.2, 0.25) is 5.88 Å². The van der Waals surface area contributed by atoms with Gasteiger partial charge in [0.1, 0.15) is 0 Å². The molecule has 0 saturated heterocycles. The summed E-state index contributed by atoms with van der Waals surface area (Å²) < 4.78 is 11.6. The van der Waals surface area contributed by atoms with E-state index in [2.05, 4.69) is 27.0 Å². The summed E-state index contributed by atoms with van der Waals surface area (Å²) >= 11 is 0. The quantitative estimate of drug-likeness (QED) is 0.462. The Bertz CT molecular complexity index is 931. The van der Waals surface area contributed by atoms with Crippen molar-refractivity contribution in [2.75, 3.05) is 20.1 Å². The molecule has 2 heterocycles. The number of ether oxygens (including phenoxy) is 2. The first-order valence-corrected chi connectivity index (χ1v) is 8.35. The van der Waals surface area contributed by atoms with Gasteiger partial charge in [-0.1, -0.05) is 18.2 Å². The third-order valence-electron chi connectivity index (χ3n) is 3.88. The molecule has 0 radical (unpaired) electrons. The second-order valence-corrected chi connectivity index (χ2v) is 5.81. The molecule has 0 unspecified atom stereocenters. The first-order valence-electron chi connectivity index (χ1n) is 8.35. The van der Waals surface area contributed by atoms with E-state index in [-0.39, 0.29) is 21.1 Å². The van der Waals surface area contributed by atoms with Gasteiger partial charge in [0.25, 0.3) is 0 Å². The first kappa shape index (κ1) is 19.1. The summed E-state index contributed by atoms with van der Waals surface area (Å²) in [6.45, 7) is 1.74. The summed E-state index contributed by atoms with van der Waals surface area (Å²) in [4.78, 5) is 10.8. The fraction of sp³-hybridized carbons (Fsp3) is 0.143. The average Bonchev–Trinajstić information content (AvgIpc) is 3.09. The molecule has 0 spiro atoms. The first-order chi connectivity index (χ1) is 12.8. The predicted molar refractivity (Wildman–Crippen MR) is 99.0 cm³/mol. The van der Waals surface area contributed by atoms with Crippen molar-refractivity contribution in [1.82, 2.24) is 9.88 Å². The van der Waals surface area contributed by atoms with E-state index in [0.29, 0.717) is 23.1 Å². The number of likely N-dealkylation sites (N-methyl/N-ethyl adjacent to an activating group) is 1. The second-order valence-electron chi connectivity index (χ2n) is 5.81. The van der Waals surface area contributed by atoms with Crippen LogP contribution in [0.2, 0.25) is 0 Å². The van der Waals surface area contributed by atoms with Crippen LogP contribution in [0.3, 0.4) is 0 Å². The summed E-state index contributed by atoms with van der Waals surface area (Å²) in [5, 5.41) is 0. The maximum atomic E-state index is 5.91. The van der Waals surface area contributed by atoms with Gasteiger partial charge in [0, 0.05) is 48.4 Å². The Kier molecular flexibility index (Phi) is 6.25. The van der Waals surface area contributed by atoms with Gasteiger partial charge < -0.3 is 19.4 Å². The number of rotatable bonds is 5. The van der Waals surface area contributed by atoms with E-state index in [1.165, 1.54) is 0 Å². The molecular weight excluding hydrogens is 521 g/mol. The zero-order valence-corrected chi connectivity index (χ0v) is 16.9. The molecule has 4 rings (SSSR count). The van der Waals surface area contributed by atoms with Gasteiger partial charge in [-0.05, 0) is 13.1 Å². The normalized spacial score (nSPS) is 12.9. The molecule has 0 amide bonds. The Morgan fingerprint density at radius 2 is 1.63 bits per heavy atom. The van der Waals surface area contributed by atoms with Gasteiger partial charge in [0.05, 0.1) is 0 Å². The van der Waals surface area contributed by atoms with Crippen molar-refractivity contribution in [2.24, 2.45) is 4.99 Å². The summed E-state index contributed by atoms with van der Waals surface area (Å²) in [5.74, 6) is 3.14. The maximum absolute atomic E-state index is 5.91. The number of pyridine rings is 1. The molecule has 3 aromatic rings. The van der Waals surface area contributed by atoms with Crippen molar-refractivity contribution in [3.05, 3.63) is 78.5 Å². The number of nitrogens with zero attached hydrogens (tertiary/aromatic N) is 3. The second kappa shape index (κ2) is 8.83. The van der Waals surface area contributed by atoms with Gasteiger partial charge in [0.15, 0.2) is 0 Å². The van der Waals surface area contributed by atoms with Crippen LogP contribution in [0.4, 0.5) is 0 Å². The molecule has 27 heavy (non-hydrogen) atoms. The third-order valence-corrected chi connectivity index (χ3v) is 3.88. The molecule has 2 aromatic carbocycles. The number of hydrogen-bond acceptors (Lipinski definition) is 5. The molecule has 0 N–H and O–H groups in total. The Hall–Kier alpha value is -2.65. The van der Waals surface area contributed by atoms with Crippen molar-refractivity contribution in [3.63, 3.8) is 0 Å². The van der Waals surface area contributed by atoms with Crippen molar-refractivity contribution in [2.45, 2.75) is 0 Å². The smallest absolute Gasteiger partial charge is 0.503 e. The Morgan fingerprint density at radius 3 is 2.33 bits per heavy atom. The van der Waals surface area contributed by atoms with Crippen molar-refractivity contribution < 1.29 is 30.5 Å². The molecular formula is C21H17N3O2Pt. The van der Waals surface area contributed by atoms with Crippen molar-refractivity contribution in [1.29, 1.82) is 0 Å². The van der Waals surface area contributed by atoms with Crippen molar-refractivity contribution >= 4 is 5.84 Å². The fourth-order valence-corrected chi connectivity index (χ4v) is 2.65. The molecule has 0 atom stereocenters. The zero-order valence-electron chi connectivity index (χ0n) is 14.7. The van der Waals surface area contributed by atoms with E-state index in [0.717, 1.165) is 24.5 Å². The van der Waals surface area contributed by atoms with Gasteiger partial charge in [-0.2, -0.15) is 6.07 Å². The Labute approximate surface area is 172 Å². The number of aromatic nitrogens is 1. The SMILES string of the molecule is CN1CCN=C1c1[c-]c(Oc2[c-]c(Oc3ccccn3)ccc2)ccc1.[Pt+2]. The minimum absolute atomic E-state index is 0. The maximum Gasteiger partial charge on any atom is 2.00 e. The molecule has 0 bridgehead atoms. The summed E-state index contributed by atoms with van der Waals surface area (Å²) in [6, 6.07) is 23.1. The molecule has 1 aliphatic rings. The number of hydrogen-bond donors (Lipinski definition) is 0. The molecule has 0 saturated carbocycles. The Balaban J connectivity index is 0.00000210. The summed E-state index contributed by atoms with van der Waals surface area (Å²) in [5.41, 5.74) is 0.920. The van der Waals surface area contributed by atoms with Crippen LogP contribution in [0, 0.1) is 12.1 Å². The van der Waals surface area contributed by atoms with E-state index < -0.39 is 0 Å². The van der Waals surface area contributed by atoms with E-state index in [9.17, 15) is 0 Å². The summed E-state index contributed by atoms with van der Waals surface area (Å²) in [7, 11) is 2.03. The van der Waals surface area contributed by atoms with E-state index in [4.69, 9.17) is 9.47 Å². The monoisotopic (exact) mass is 538 g/mol. The molecule has 6 heteroatoms. The van der Waals surface area contributed by atoms with Crippen molar-refractivity contribution in [3.8, 4) is 23.1 Å². The van der Waals surface area contributed by atoms with Gasteiger partial charge in [-0.15, -0.1) is 35.9 Å². The van der Waals surface area contributed by atoms with Crippen LogP contribution in [-0.4, -0.2) is 35.9 Å². The van der Waals surface area contributed by atoms with Crippen LogP contribution in [0.5, 0.6) is 23.1 Å². The molecule has 0 fully saturated rings. The standard InChI is InChI=1S/C21H17N3O2.Pt/c1-24-13-12-23-21(24)16-6-4-7-17(14-16)25-18-8-5-9-19(15-18)26-20-10-2-3-11-22-20;/h2-11H,12-13H2,1H3;/q-2;+2. The largest absolute Gasteiger partial charge is 2.00 e. The minimum Gasteiger partial charge on any atom is -0.503 e. The van der Waals surface area contributed by atoms with Crippen LogP contribution in [-0.2, 0) is 21.1 Å². The molecule has 1 aromatic heterocycles. The Morgan fingerprint density at radius 1 is 0.889 bits per heavy atom. The predicted octanol–water partition coefficient (Wildman–Crippen LogP) is 3.96. The molecule has 5 nitrogen and oxygen atoms in total. The van der Waals surface area contributed by atoms with Crippen LogP contribution < -0.4 is 9.47 Å². The summed E-state index contributed by atoms with van der Waals surface area (Å²) in [6.07, 6.45) is 1.68. The van der Waals surface area contributed by atoms with E-state index in [1.807, 2.05) is 55.6 Å². The van der Waals surface area contributed by atoms with Gasteiger partial charge >= 0.3 is 21.1 Å². The average molecular weight is 538 g/mol. The van der Waals surface area contributed by atoms with Crippen LogP contribution in [0.1, 0.15) is 5.56 Å². The van der Waals surface area contributed by atoms with Crippen LogP contribution >= 0.6 is 0 Å². The molecule has 0 aliphatic carbocycles. The zero-order chi connectivity index (χ0) is 17.8. The van der Waals surface area contributed by atoms with E-state index in [1.54, 1.807) is 12.3 Å². The van der Waals surface area contributed by atoms with Gasteiger partial charge in [-0.3, -0.25) is 0 Å². The topological polar surface area (TPSA) is 47.0 Å². The molecule has 138 valence electrons. The minimum atomic E-state index is 0. The molecule has 1 aliphatic heterocycles. The van der Waals surface area contributed by atoms with Crippen LogP contribution in [0.15, 0.2) is 65.8 Å². The van der Waals surface area contributed by atoms with Crippen LogP contribution in [0.25, 0.3) is 0 Å². The number of benzene rings is 2. The van der Waals surface area contributed by atoms with Gasteiger partial charge in [-0.25, -0.2) is 4.98 Å². The fourth-order valence-electron chi connectivity index (χ4n) is 2.65. The number of amidine groups is 1.